The minimum Gasteiger partial charge on any atom is -0.483 e. The Bertz CT molecular complexity index is 1030. The molecular formula is C21H20N2O5. The average Bonchev–Trinajstić information content (AvgIpc) is 2.85. The highest BCUT2D eigenvalue weighted by molar-refractivity contribution is 5.98. The van der Waals surface area contributed by atoms with Crippen molar-refractivity contribution >= 4 is 11.9 Å². The number of carboxylic acids is 1. The summed E-state index contributed by atoms with van der Waals surface area (Å²) in [6.07, 6.45) is 5.85. The van der Waals surface area contributed by atoms with Crippen LogP contribution in [0.5, 0.6) is 5.75 Å². The summed E-state index contributed by atoms with van der Waals surface area (Å²) < 4.78 is 7.36. The van der Waals surface area contributed by atoms with Crippen LogP contribution in [-0.2, 0) is 6.61 Å². The van der Waals surface area contributed by atoms with Gasteiger partial charge in [-0.25, -0.2) is 4.79 Å². The average molecular weight is 380 g/mol. The highest BCUT2D eigenvalue weighted by Crippen LogP contribution is 2.32. The molecule has 0 saturated carbocycles. The molecule has 7 heteroatoms. The number of ether oxygens (including phenoxy) is 1. The molecule has 0 fully saturated rings. The maximum atomic E-state index is 13.2. The lowest BCUT2D eigenvalue weighted by molar-refractivity contribution is 0.0617. The van der Waals surface area contributed by atoms with E-state index in [1.54, 1.807) is 9.47 Å². The summed E-state index contributed by atoms with van der Waals surface area (Å²) in [5.41, 5.74) is -0.229. The predicted octanol–water partition coefficient (Wildman–Crippen LogP) is 2.47. The number of pyridine rings is 1. The number of carboxylic acid groups (broad SMARTS) is 1. The van der Waals surface area contributed by atoms with Crippen LogP contribution >= 0.6 is 0 Å². The van der Waals surface area contributed by atoms with Gasteiger partial charge in [0.05, 0.1) is 6.04 Å². The number of aromatic nitrogens is 1. The predicted molar refractivity (Wildman–Crippen MR) is 102 cm³/mol. The van der Waals surface area contributed by atoms with Crippen molar-refractivity contribution < 1.29 is 19.4 Å². The first-order valence-corrected chi connectivity index (χ1v) is 9.14. The first-order chi connectivity index (χ1) is 13.5. The molecule has 0 radical (unpaired) electrons. The molecule has 3 heterocycles. The number of nitrogens with zero attached hydrogens (tertiary/aromatic N) is 2. The van der Waals surface area contributed by atoms with E-state index >= 15 is 0 Å². The van der Waals surface area contributed by atoms with E-state index in [2.05, 4.69) is 0 Å². The summed E-state index contributed by atoms with van der Waals surface area (Å²) in [6, 6.07) is 8.96. The Morgan fingerprint density at radius 3 is 2.71 bits per heavy atom. The molecule has 2 aromatic rings. The molecule has 0 unspecified atom stereocenters. The second kappa shape index (κ2) is 6.99. The van der Waals surface area contributed by atoms with Crippen molar-refractivity contribution in [2.24, 2.45) is 0 Å². The number of hydrogen-bond donors (Lipinski definition) is 1. The SMILES string of the molecule is C[C@H]1C=CC[C@H]2CN1C(=O)c1c(OCc3ccccc3)c(=O)c(C(=O)O)cn12. The summed E-state index contributed by atoms with van der Waals surface area (Å²) in [4.78, 5) is 39.3. The normalized spacial score (nSPS) is 20.5. The van der Waals surface area contributed by atoms with Crippen molar-refractivity contribution in [3.05, 3.63) is 75.7 Å². The first kappa shape index (κ1) is 18.0. The van der Waals surface area contributed by atoms with Crippen LogP contribution in [0.25, 0.3) is 0 Å². The van der Waals surface area contributed by atoms with Crippen molar-refractivity contribution in [3.63, 3.8) is 0 Å². The maximum absolute atomic E-state index is 13.2. The van der Waals surface area contributed by atoms with Crippen LogP contribution in [0, 0.1) is 0 Å². The van der Waals surface area contributed by atoms with E-state index in [0.717, 1.165) is 5.56 Å². The van der Waals surface area contributed by atoms with Crippen LogP contribution in [0.1, 0.15) is 45.8 Å². The van der Waals surface area contributed by atoms with Gasteiger partial charge < -0.3 is 19.3 Å². The molecule has 1 aromatic heterocycles. The lowest BCUT2D eigenvalue weighted by atomic mass is 10.1. The molecule has 1 N–H and O–H groups in total. The van der Waals surface area contributed by atoms with Crippen LogP contribution < -0.4 is 10.2 Å². The van der Waals surface area contributed by atoms with Gasteiger partial charge in [0.2, 0.25) is 5.43 Å². The van der Waals surface area contributed by atoms with Crippen molar-refractivity contribution in [1.29, 1.82) is 0 Å². The molecule has 2 atom stereocenters. The van der Waals surface area contributed by atoms with E-state index in [9.17, 15) is 19.5 Å². The van der Waals surface area contributed by atoms with E-state index in [4.69, 9.17) is 4.74 Å². The first-order valence-electron chi connectivity index (χ1n) is 9.14. The van der Waals surface area contributed by atoms with Crippen molar-refractivity contribution in [3.8, 4) is 5.75 Å². The van der Waals surface area contributed by atoms with E-state index in [1.807, 2.05) is 49.4 Å². The molecule has 2 bridgehead atoms. The number of rotatable bonds is 4. The zero-order valence-corrected chi connectivity index (χ0v) is 15.4. The molecule has 2 aliphatic heterocycles. The van der Waals surface area contributed by atoms with Crippen LogP contribution in [0.15, 0.2) is 53.5 Å². The Hall–Kier alpha value is -3.35. The Balaban J connectivity index is 1.85. The van der Waals surface area contributed by atoms with Gasteiger partial charge >= 0.3 is 5.97 Å². The van der Waals surface area contributed by atoms with Crippen molar-refractivity contribution in [2.45, 2.75) is 32.0 Å². The van der Waals surface area contributed by atoms with Crippen LogP contribution in [0.4, 0.5) is 0 Å². The Morgan fingerprint density at radius 1 is 1.25 bits per heavy atom. The molecule has 4 rings (SSSR count). The maximum Gasteiger partial charge on any atom is 0.341 e. The molecular weight excluding hydrogens is 360 g/mol. The third kappa shape index (κ3) is 2.98. The van der Waals surface area contributed by atoms with Gasteiger partial charge in [-0.05, 0) is 18.9 Å². The monoisotopic (exact) mass is 380 g/mol. The molecule has 0 saturated heterocycles. The number of aromatic carboxylic acids is 1. The lowest BCUT2D eigenvalue weighted by Crippen LogP contribution is -2.47. The Labute approximate surface area is 161 Å². The zero-order valence-electron chi connectivity index (χ0n) is 15.4. The number of benzene rings is 1. The number of hydrogen-bond acceptors (Lipinski definition) is 4. The lowest BCUT2D eigenvalue weighted by Gasteiger charge is -2.37. The highest BCUT2D eigenvalue weighted by Gasteiger charge is 2.38. The highest BCUT2D eigenvalue weighted by atomic mass is 16.5. The van der Waals surface area contributed by atoms with Crippen LogP contribution in [0.3, 0.4) is 0 Å². The minimum atomic E-state index is -1.34. The molecule has 28 heavy (non-hydrogen) atoms. The second-order valence-corrected chi connectivity index (χ2v) is 7.05. The van der Waals surface area contributed by atoms with E-state index < -0.39 is 17.0 Å². The summed E-state index contributed by atoms with van der Waals surface area (Å²) in [6.45, 7) is 2.44. The largest absolute Gasteiger partial charge is 0.483 e. The molecule has 144 valence electrons. The third-order valence-corrected chi connectivity index (χ3v) is 5.23. The van der Waals surface area contributed by atoms with E-state index in [0.29, 0.717) is 13.0 Å². The van der Waals surface area contributed by atoms with Crippen molar-refractivity contribution in [2.75, 3.05) is 6.54 Å². The van der Waals surface area contributed by atoms with Crippen molar-refractivity contribution in [1.82, 2.24) is 9.47 Å². The van der Waals surface area contributed by atoms with E-state index in [-0.39, 0.29) is 36.0 Å². The fourth-order valence-electron chi connectivity index (χ4n) is 3.73. The van der Waals surface area contributed by atoms with Crippen LogP contribution in [-0.4, -0.2) is 39.0 Å². The summed E-state index contributed by atoms with van der Waals surface area (Å²) in [5.74, 6) is -1.86. The quantitative estimate of drug-likeness (QED) is 0.823. The fourth-order valence-corrected chi connectivity index (χ4v) is 3.73. The van der Waals surface area contributed by atoms with Gasteiger partial charge in [-0.1, -0.05) is 42.5 Å². The van der Waals surface area contributed by atoms with Crippen LogP contribution in [0.2, 0.25) is 0 Å². The Kier molecular flexibility index (Phi) is 4.50. The number of carbonyl (C=O) groups excluding carboxylic acids is 1. The third-order valence-electron chi connectivity index (χ3n) is 5.23. The molecule has 1 aromatic carbocycles. The standard InChI is InChI=1S/C21H20N2O5/c1-13-6-5-9-15-10-22(13)20(25)17-19(28-12-14-7-3-2-4-8-14)18(24)16(21(26)27)11-23(15)17/h2-8,11,13,15H,9-10,12H2,1H3,(H,26,27)/t13-,15-/m0/s1. The second-order valence-electron chi connectivity index (χ2n) is 7.05. The Morgan fingerprint density at radius 2 is 2.00 bits per heavy atom. The van der Waals surface area contributed by atoms with Gasteiger partial charge in [0.25, 0.3) is 5.91 Å². The van der Waals surface area contributed by atoms with Gasteiger partial charge in [-0.3, -0.25) is 9.59 Å². The number of amides is 1. The zero-order chi connectivity index (χ0) is 19.8. The fraction of sp³-hybridized carbons (Fsp3) is 0.286. The van der Waals surface area contributed by atoms with Gasteiger partial charge in [-0.15, -0.1) is 0 Å². The van der Waals surface area contributed by atoms with Gasteiger partial charge in [0.15, 0.2) is 11.4 Å². The van der Waals surface area contributed by atoms with Gasteiger partial charge in [0.1, 0.15) is 12.2 Å². The number of fused-ring (bicyclic) bond motifs is 4. The topological polar surface area (TPSA) is 88.8 Å². The molecule has 2 aliphatic rings. The summed E-state index contributed by atoms with van der Waals surface area (Å²) >= 11 is 0. The molecule has 0 aliphatic carbocycles. The number of carbonyl (C=O) groups is 2. The molecule has 1 amide bonds. The smallest absolute Gasteiger partial charge is 0.341 e. The summed E-state index contributed by atoms with van der Waals surface area (Å²) in [5, 5.41) is 9.49. The van der Waals surface area contributed by atoms with Gasteiger partial charge in [-0.2, -0.15) is 0 Å². The molecule has 0 spiro atoms. The summed E-state index contributed by atoms with van der Waals surface area (Å²) in [7, 11) is 0. The minimum absolute atomic E-state index is 0.0674. The van der Waals surface area contributed by atoms with E-state index in [1.165, 1.54) is 6.20 Å². The number of allylic oxidation sites excluding steroid dienone is 1. The molecule has 7 nitrogen and oxygen atoms in total. The van der Waals surface area contributed by atoms with Gasteiger partial charge in [0, 0.05) is 18.8 Å².